The molecule has 0 aliphatic carbocycles. The van der Waals surface area contributed by atoms with Crippen LogP contribution in [-0.2, 0) is 6.54 Å². The normalized spacial score (nSPS) is 13.2. The van der Waals surface area contributed by atoms with Gasteiger partial charge in [0, 0.05) is 6.54 Å². The Morgan fingerprint density at radius 2 is 1.65 bits per heavy atom. The molecule has 2 heterocycles. The molecule has 0 spiro atoms. The van der Waals surface area contributed by atoms with Crippen LogP contribution in [0.1, 0.15) is 27.2 Å². The minimum atomic E-state index is -3.09. The summed E-state index contributed by atoms with van der Waals surface area (Å²) in [6.07, 6.45) is 2.45. The summed E-state index contributed by atoms with van der Waals surface area (Å²) in [6.45, 7) is 11.4. The molecule has 2 aromatic carbocycles. The highest BCUT2D eigenvalue weighted by molar-refractivity contribution is 6.98. The van der Waals surface area contributed by atoms with Crippen LogP contribution < -0.4 is 16.1 Å². The number of imidazole rings is 1. The molecule has 3 N–H and O–H groups in total. The lowest BCUT2D eigenvalue weighted by atomic mass is 9.92. The summed E-state index contributed by atoms with van der Waals surface area (Å²) >= 11 is 6.18. The summed E-state index contributed by atoms with van der Waals surface area (Å²) in [5, 5.41) is 1.88. The fourth-order valence-corrected chi connectivity index (χ4v) is 8.85. The number of hydrogen-bond acceptors (Lipinski definition) is 5. The lowest BCUT2D eigenvalue weighted by Crippen LogP contribution is -2.65. The molecular weight excluding hydrogens is 462 g/mol. The van der Waals surface area contributed by atoms with Crippen LogP contribution in [-0.4, -0.2) is 32.6 Å². The first-order chi connectivity index (χ1) is 16.1. The summed E-state index contributed by atoms with van der Waals surface area (Å²) in [5.41, 5.74) is 7.91. The van der Waals surface area contributed by atoms with Gasteiger partial charge in [-0.3, -0.25) is 0 Å². The van der Waals surface area contributed by atoms with E-state index in [4.69, 9.17) is 17.3 Å². The van der Waals surface area contributed by atoms with Crippen molar-refractivity contribution in [3.63, 3.8) is 0 Å². The van der Waals surface area contributed by atoms with Gasteiger partial charge >= 0.3 is 0 Å². The molecule has 0 unspecified atom stereocenters. The Hall–Kier alpha value is -3.00. The van der Waals surface area contributed by atoms with Gasteiger partial charge in [-0.1, -0.05) is 105 Å². The van der Waals surface area contributed by atoms with Crippen molar-refractivity contribution in [2.24, 2.45) is 5.92 Å². The number of rotatable bonds is 8. The molecule has 2 aromatic heterocycles. The highest BCUT2D eigenvalue weighted by Crippen LogP contribution is 2.42. The monoisotopic (exact) mass is 491 g/mol. The Labute approximate surface area is 206 Å². The van der Waals surface area contributed by atoms with Gasteiger partial charge in [-0.25, -0.2) is 4.98 Å². The van der Waals surface area contributed by atoms with Gasteiger partial charge in [0.15, 0.2) is 10.8 Å². The number of benzene rings is 2. The van der Waals surface area contributed by atoms with Crippen LogP contribution in [0.25, 0.3) is 11.2 Å². The summed E-state index contributed by atoms with van der Waals surface area (Å²) in [6, 6.07) is 20.2. The maximum atomic E-state index is 12.4. The minimum Gasteiger partial charge on any atom is -0.424 e. The van der Waals surface area contributed by atoms with Crippen LogP contribution >= 0.6 is 11.6 Å². The maximum absolute atomic E-state index is 12.4. The van der Waals surface area contributed by atoms with E-state index in [0.717, 1.165) is 22.4 Å². The third-order valence-electron chi connectivity index (χ3n) is 6.69. The molecule has 0 saturated carbocycles. The SMILES string of the molecule is C=C(Cn1cnc2c(Cl)nc(N)nc21)[C@@H](C)CC(C)(C)[Si](O)(c1ccccc1)c1ccccc1. The highest BCUT2D eigenvalue weighted by atomic mass is 35.5. The van der Waals surface area contributed by atoms with E-state index in [-0.39, 0.29) is 22.1 Å². The average molecular weight is 492 g/mol. The van der Waals surface area contributed by atoms with E-state index in [1.807, 2.05) is 65.2 Å². The largest absolute Gasteiger partial charge is 0.424 e. The molecule has 6 nitrogen and oxygen atoms in total. The van der Waals surface area contributed by atoms with Crippen molar-refractivity contribution in [1.82, 2.24) is 19.5 Å². The van der Waals surface area contributed by atoms with Crippen molar-refractivity contribution in [2.45, 2.75) is 38.8 Å². The molecule has 4 aromatic rings. The smallest absolute Gasteiger partial charge is 0.258 e. The van der Waals surface area contributed by atoms with Crippen molar-refractivity contribution >= 4 is 47.4 Å². The van der Waals surface area contributed by atoms with Crippen molar-refractivity contribution in [3.05, 3.63) is 84.3 Å². The number of anilines is 1. The van der Waals surface area contributed by atoms with Crippen LogP contribution in [0.5, 0.6) is 0 Å². The van der Waals surface area contributed by atoms with Gasteiger partial charge in [-0.2, -0.15) is 9.97 Å². The second kappa shape index (κ2) is 9.33. The van der Waals surface area contributed by atoms with Gasteiger partial charge in [0.25, 0.3) is 8.32 Å². The summed E-state index contributed by atoms with van der Waals surface area (Å²) in [5.74, 6) is 0.245. The second-order valence-corrected chi connectivity index (χ2v) is 13.8. The number of nitrogens with zero attached hydrogens (tertiary/aromatic N) is 4. The quantitative estimate of drug-likeness (QED) is 0.219. The Morgan fingerprint density at radius 1 is 1.09 bits per heavy atom. The zero-order valence-electron chi connectivity index (χ0n) is 19.7. The molecule has 0 radical (unpaired) electrons. The Kier molecular flexibility index (Phi) is 6.62. The molecule has 0 fully saturated rings. The number of hydrogen-bond donors (Lipinski definition) is 2. The van der Waals surface area contributed by atoms with Gasteiger partial charge < -0.3 is 15.1 Å². The molecule has 4 rings (SSSR count). The van der Waals surface area contributed by atoms with E-state index in [1.54, 1.807) is 6.33 Å². The van der Waals surface area contributed by atoms with Gasteiger partial charge in [-0.15, -0.1) is 0 Å². The van der Waals surface area contributed by atoms with Gasteiger partial charge in [0.2, 0.25) is 5.95 Å². The van der Waals surface area contributed by atoms with Crippen molar-refractivity contribution in [1.29, 1.82) is 0 Å². The summed E-state index contributed by atoms with van der Waals surface area (Å²) in [4.78, 5) is 25.0. The van der Waals surface area contributed by atoms with Crippen LogP contribution in [0.3, 0.4) is 0 Å². The minimum absolute atomic E-state index is 0.112. The highest BCUT2D eigenvalue weighted by Gasteiger charge is 2.50. The molecule has 176 valence electrons. The second-order valence-electron chi connectivity index (χ2n) is 9.51. The van der Waals surface area contributed by atoms with E-state index in [1.165, 1.54) is 0 Å². The first-order valence-corrected chi connectivity index (χ1v) is 13.6. The third kappa shape index (κ3) is 4.38. The fraction of sp³-hybridized carbons (Fsp3) is 0.269. The Morgan fingerprint density at radius 3 is 2.21 bits per heavy atom. The van der Waals surface area contributed by atoms with Crippen LogP contribution in [0.4, 0.5) is 5.95 Å². The number of nitrogens with two attached hydrogens (primary N) is 1. The number of halogens is 1. The third-order valence-corrected chi connectivity index (χ3v) is 11.5. The van der Waals surface area contributed by atoms with Crippen LogP contribution in [0, 0.1) is 5.92 Å². The molecule has 34 heavy (non-hydrogen) atoms. The van der Waals surface area contributed by atoms with Gasteiger partial charge in [-0.05, 0) is 27.8 Å². The van der Waals surface area contributed by atoms with E-state index in [0.29, 0.717) is 17.7 Å². The maximum Gasteiger partial charge on any atom is 0.258 e. The predicted octanol–water partition coefficient (Wildman–Crippen LogP) is 4.18. The van der Waals surface area contributed by atoms with E-state index < -0.39 is 8.32 Å². The first-order valence-electron chi connectivity index (χ1n) is 11.3. The number of nitrogen functional groups attached to an aromatic ring is 1. The Balaban J connectivity index is 1.62. The molecule has 0 aliphatic heterocycles. The number of allylic oxidation sites excluding steroid dienone is 1. The standard InChI is InChI=1S/C26H30ClN5OSi/c1-18(19(2)16-32-17-29-22-23(27)30-25(28)31-24(22)32)15-26(3,4)34(33,20-11-7-5-8-12-20)21-13-9-6-10-14-21/h5-14,17-18,33H,2,15-16H2,1,3-4H3,(H2,28,30,31)/t18-/m0/s1. The predicted molar refractivity (Wildman–Crippen MR) is 142 cm³/mol. The lowest BCUT2D eigenvalue weighted by molar-refractivity contribution is 0.419. The molecule has 0 amide bonds. The topological polar surface area (TPSA) is 89.9 Å². The van der Waals surface area contributed by atoms with Crippen LogP contribution in [0.15, 0.2) is 79.1 Å². The fourth-order valence-electron chi connectivity index (χ4n) is 4.78. The summed E-state index contributed by atoms with van der Waals surface area (Å²) in [7, 11) is -3.09. The average Bonchev–Trinajstić information content (AvgIpc) is 3.22. The van der Waals surface area contributed by atoms with Gasteiger partial charge in [0.1, 0.15) is 5.52 Å². The van der Waals surface area contributed by atoms with E-state index >= 15 is 0 Å². The zero-order valence-corrected chi connectivity index (χ0v) is 21.5. The zero-order chi connectivity index (χ0) is 24.5. The molecule has 8 heteroatoms. The van der Waals surface area contributed by atoms with E-state index in [2.05, 4.69) is 42.3 Å². The van der Waals surface area contributed by atoms with Crippen molar-refractivity contribution in [3.8, 4) is 0 Å². The van der Waals surface area contributed by atoms with E-state index in [9.17, 15) is 4.80 Å². The lowest BCUT2D eigenvalue weighted by Gasteiger charge is -2.43. The van der Waals surface area contributed by atoms with Crippen molar-refractivity contribution in [2.75, 3.05) is 5.73 Å². The number of fused-ring (bicyclic) bond motifs is 1. The Bertz CT molecular complexity index is 1270. The van der Waals surface area contributed by atoms with Gasteiger partial charge in [0.05, 0.1) is 6.33 Å². The molecule has 0 aliphatic rings. The first kappa shape index (κ1) is 24.1. The molecule has 0 bridgehead atoms. The van der Waals surface area contributed by atoms with Crippen LogP contribution in [0.2, 0.25) is 10.2 Å². The van der Waals surface area contributed by atoms with Crippen molar-refractivity contribution < 1.29 is 4.80 Å². The molecular formula is C26H30ClN5OSi. The molecule has 0 saturated heterocycles. The summed E-state index contributed by atoms with van der Waals surface area (Å²) < 4.78 is 1.89. The number of aromatic nitrogens is 4. The molecule has 1 atom stereocenters.